The van der Waals surface area contributed by atoms with Crippen molar-refractivity contribution in [2.24, 2.45) is 0 Å². The van der Waals surface area contributed by atoms with Crippen molar-refractivity contribution >= 4 is 0 Å². The summed E-state index contributed by atoms with van der Waals surface area (Å²) in [5.41, 5.74) is -0.514. The fourth-order valence-corrected chi connectivity index (χ4v) is 2.13. The Balaban J connectivity index is 2.63. The van der Waals surface area contributed by atoms with Crippen molar-refractivity contribution < 1.29 is 9.84 Å². The van der Waals surface area contributed by atoms with Gasteiger partial charge in [-0.3, -0.25) is 5.32 Å². The van der Waals surface area contributed by atoms with Gasteiger partial charge in [0.05, 0.1) is 24.9 Å². The molecule has 2 atom stereocenters. The standard InChI is InChI=1S/C10H18N2O2/c1-8-5-10(7-11,12-3-4-13)6-9(2)14-8/h8-9,12-13H,3-6H2,1-2H3. The number of aliphatic hydroxyl groups is 1. The quantitative estimate of drug-likeness (QED) is 0.689. The lowest BCUT2D eigenvalue weighted by Crippen LogP contribution is -2.53. The van der Waals surface area contributed by atoms with Crippen LogP contribution in [0.5, 0.6) is 0 Å². The van der Waals surface area contributed by atoms with E-state index >= 15 is 0 Å². The smallest absolute Gasteiger partial charge is 0.111 e. The highest BCUT2D eigenvalue weighted by Gasteiger charge is 2.38. The van der Waals surface area contributed by atoms with E-state index < -0.39 is 5.54 Å². The largest absolute Gasteiger partial charge is 0.395 e. The van der Waals surface area contributed by atoms with Gasteiger partial charge in [-0.2, -0.15) is 5.26 Å². The molecule has 1 rings (SSSR count). The van der Waals surface area contributed by atoms with Gasteiger partial charge in [0.1, 0.15) is 5.54 Å². The Morgan fingerprint density at radius 2 is 2.07 bits per heavy atom. The summed E-state index contributed by atoms with van der Waals surface area (Å²) in [6, 6.07) is 2.31. The molecule has 4 heteroatoms. The van der Waals surface area contributed by atoms with E-state index in [2.05, 4.69) is 11.4 Å². The Morgan fingerprint density at radius 1 is 1.50 bits per heavy atom. The highest BCUT2D eigenvalue weighted by molar-refractivity contribution is 5.10. The first-order valence-corrected chi connectivity index (χ1v) is 5.04. The van der Waals surface area contributed by atoms with Gasteiger partial charge in [0.15, 0.2) is 0 Å². The van der Waals surface area contributed by atoms with Crippen molar-refractivity contribution in [3.05, 3.63) is 0 Å². The van der Waals surface area contributed by atoms with E-state index in [4.69, 9.17) is 15.1 Å². The molecule has 1 saturated heterocycles. The summed E-state index contributed by atoms with van der Waals surface area (Å²) in [5.74, 6) is 0. The average Bonchev–Trinajstić information content (AvgIpc) is 2.13. The maximum atomic E-state index is 9.15. The molecule has 14 heavy (non-hydrogen) atoms. The molecule has 0 aromatic rings. The molecule has 0 spiro atoms. The molecule has 4 nitrogen and oxygen atoms in total. The minimum atomic E-state index is -0.514. The van der Waals surface area contributed by atoms with Gasteiger partial charge < -0.3 is 9.84 Å². The highest BCUT2D eigenvalue weighted by Crippen LogP contribution is 2.28. The van der Waals surface area contributed by atoms with E-state index in [0.29, 0.717) is 19.4 Å². The summed E-state index contributed by atoms with van der Waals surface area (Å²) in [7, 11) is 0. The molecule has 1 aliphatic rings. The first kappa shape index (κ1) is 11.4. The maximum absolute atomic E-state index is 9.15. The Labute approximate surface area is 84.9 Å². The molecule has 2 N–H and O–H groups in total. The van der Waals surface area contributed by atoms with E-state index in [9.17, 15) is 0 Å². The normalized spacial score (nSPS) is 37.9. The van der Waals surface area contributed by atoms with Gasteiger partial charge in [-0.1, -0.05) is 0 Å². The number of nitriles is 1. The first-order valence-electron chi connectivity index (χ1n) is 5.04. The molecule has 0 bridgehead atoms. The zero-order chi connectivity index (χ0) is 10.6. The number of β-amino-alcohol motifs (C(OH)–C–C–N with tert-alkyl or cyclic N) is 1. The zero-order valence-corrected chi connectivity index (χ0v) is 8.79. The van der Waals surface area contributed by atoms with Gasteiger partial charge in [0, 0.05) is 19.4 Å². The van der Waals surface area contributed by atoms with E-state index in [1.807, 2.05) is 13.8 Å². The maximum Gasteiger partial charge on any atom is 0.111 e. The zero-order valence-electron chi connectivity index (χ0n) is 8.79. The van der Waals surface area contributed by atoms with Crippen LogP contribution in [0.4, 0.5) is 0 Å². The predicted octanol–water partition coefficient (Wildman–Crippen LogP) is 0.418. The number of nitrogens with one attached hydrogen (secondary N) is 1. The Hall–Kier alpha value is -0.630. The van der Waals surface area contributed by atoms with Crippen molar-refractivity contribution in [3.63, 3.8) is 0 Å². The highest BCUT2D eigenvalue weighted by atomic mass is 16.5. The number of rotatable bonds is 3. The summed E-state index contributed by atoms with van der Waals surface area (Å²) in [4.78, 5) is 0. The van der Waals surface area contributed by atoms with Crippen LogP contribution in [-0.4, -0.2) is 36.0 Å². The molecule has 2 unspecified atom stereocenters. The Bertz CT molecular complexity index is 215. The van der Waals surface area contributed by atoms with E-state index in [0.717, 1.165) is 0 Å². The van der Waals surface area contributed by atoms with Crippen LogP contribution in [0.3, 0.4) is 0 Å². The number of hydrogen-bond acceptors (Lipinski definition) is 4. The van der Waals surface area contributed by atoms with Crippen LogP contribution in [0.15, 0.2) is 0 Å². The van der Waals surface area contributed by atoms with Gasteiger partial charge in [-0.05, 0) is 13.8 Å². The van der Waals surface area contributed by atoms with Crippen molar-refractivity contribution in [2.45, 2.75) is 44.4 Å². The predicted molar refractivity (Wildman–Crippen MR) is 52.7 cm³/mol. The number of aliphatic hydroxyl groups excluding tert-OH is 1. The summed E-state index contributed by atoms with van der Waals surface area (Å²) in [5, 5.41) is 21.0. The second-order valence-electron chi connectivity index (χ2n) is 4.01. The van der Waals surface area contributed by atoms with E-state index in [-0.39, 0.29) is 18.8 Å². The summed E-state index contributed by atoms with van der Waals surface area (Å²) in [6.07, 6.45) is 1.58. The number of nitrogens with zero attached hydrogens (tertiary/aromatic N) is 1. The molecular weight excluding hydrogens is 180 g/mol. The number of ether oxygens (including phenoxy) is 1. The van der Waals surface area contributed by atoms with Crippen LogP contribution >= 0.6 is 0 Å². The molecule has 0 radical (unpaired) electrons. The van der Waals surface area contributed by atoms with E-state index in [1.54, 1.807) is 0 Å². The van der Waals surface area contributed by atoms with Crippen molar-refractivity contribution in [2.75, 3.05) is 13.2 Å². The average molecular weight is 198 g/mol. The Kier molecular flexibility index (Phi) is 3.87. The van der Waals surface area contributed by atoms with Gasteiger partial charge in [0.25, 0.3) is 0 Å². The molecule has 1 aliphatic heterocycles. The SMILES string of the molecule is CC1CC(C#N)(NCCO)CC(C)O1. The van der Waals surface area contributed by atoms with Gasteiger partial charge in [0.2, 0.25) is 0 Å². The topological polar surface area (TPSA) is 65.3 Å². The van der Waals surface area contributed by atoms with Gasteiger partial charge in [-0.25, -0.2) is 0 Å². The van der Waals surface area contributed by atoms with Crippen molar-refractivity contribution in [1.29, 1.82) is 5.26 Å². The third kappa shape index (κ3) is 2.68. The van der Waals surface area contributed by atoms with Crippen molar-refractivity contribution in [3.8, 4) is 6.07 Å². The molecule has 1 fully saturated rings. The minimum Gasteiger partial charge on any atom is -0.395 e. The molecular formula is C10H18N2O2. The molecule has 0 aromatic heterocycles. The molecule has 80 valence electrons. The summed E-state index contributed by atoms with van der Waals surface area (Å²) < 4.78 is 5.57. The second-order valence-corrected chi connectivity index (χ2v) is 4.01. The third-order valence-electron chi connectivity index (χ3n) is 2.53. The molecule has 0 saturated carbocycles. The first-order chi connectivity index (χ1) is 6.62. The van der Waals surface area contributed by atoms with Gasteiger partial charge >= 0.3 is 0 Å². The summed E-state index contributed by atoms with van der Waals surface area (Å²) in [6.45, 7) is 4.48. The lowest BCUT2D eigenvalue weighted by atomic mass is 9.85. The fraction of sp³-hybridized carbons (Fsp3) is 0.900. The van der Waals surface area contributed by atoms with Crippen LogP contribution in [0.2, 0.25) is 0 Å². The molecule has 0 amide bonds. The second kappa shape index (κ2) is 4.74. The monoisotopic (exact) mass is 198 g/mol. The van der Waals surface area contributed by atoms with Crippen LogP contribution in [0, 0.1) is 11.3 Å². The molecule has 1 heterocycles. The van der Waals surface area contributed by atoms with Crippen LogP contribution < -0.4 is 5.32 Å². The van der Waals surface area contributed by atoms with Gasteiger partial charge in [-0.15, -0.1) is 0 Å². The molecule has 0 aromatic carbocycles. The molecule has 0 aliphatic carbocycles. The lowest BCUT2D eigenvalue weighted by molar-refractivity contribution is -0.0567. The third-order valence-corrected chi connectivity index (χ3v) is 2.53. The van der Waals surface area contributed by atoms with Crippen LogP contribution in [0.1, 0.15) is 26.7 Å². The summed E-state index contributed by atoms with van der Waals surface area (Å²) >= 11 is 0. The minimum absolute atomic E-state index is 0.0625. The van der Waals surface area contributed by atoms with Crippen molar-refractivity contribution in [1.82, 2.24) is 5.32 Å². The Morgan fingerprint density at radius 3 is 2.50 bits per heavy atom. The fourth-order valence-electron chi connectivity index (χ4n) is 2.13. The lowest BCUT2D eigenvalue weighted by Gasteiger charge is -2.38. The van der Waals surface area contributed by atoms with E-state index in [1.165, 1.54) is 0 Å². The van der Waals surface area contributed by atoms with Crippen LogP contribution in [-0.2, 0) is 4.74 Å². The van der Waals surface area contributed by atoms with Crippen LogP contribution in [0.25, 0.3) is 0 Å². The number of hydrogen-bond donors (Lipinski definition) is 2.